The Hall–Kier alpha value is -2.02. The fraction of sp³-hybridized carbons (Fsp3) is 0.474. The lowest BCUT2D eigenvalue weighted by atomic mass is 10.1. The molecule has 1 fully saturated rings. The van der Waals surface area contributed by atoms with Crippen molar-refractivity contribution >= 4 is 5.82 Å². The maximum atomic E-state index is 5.47. The van der Waals surface area contributed by atoms with Gasteiger partial charge in [0.15, 0.2) is 5.82 Å². The summed E-state index contributed by atoms with van der Waals surface area (Å²) in [7, 11) is 1.66. The number of nitrogens with zero attached hydrogens (tertiary/aromatic N) is 3. The van der Waals surface area contributed by atoms with Crippen molar-refractivity contribution in [1.82, 2.24) is 14.9 Å². The fourth-order valence-electron chi connectivity index (χ4n) is 3.04. The smallest absolute Gasteiger partial charge is 0.156 e. The van der Waals surface area contributed by atoms with E-state index in [0.717, 1.165) is 44.4 Å². The molecule has 1 saturated heterocycles. The molecule has 0 amide bonds. The minimum atomic E-state index is 0.156. The first-order chi connectivity index (χ1) is 12.2. The van der Waals surface area contributed by atoms with Crippen molar-refractivity contribution in [3.05, 3.63) is 53.5 Å². The average molecular weight is 342 g/mol. The van der Waals surface area contributed by atoms with E-state index in [9.17, 15) is 0 Å². The van der Waals surface area contributed by atoms with Gasteiger partial charge in [-0.3, -0.25) is 4.90 Å². The van der Waals surface area contributed by atoms with Crippen LogP contribution in [0.1, 0.15) is 23.1 Å². The zero-order valence-electron chi connectivity index (χ0n) is 14.9. The molecule has 134 valence electrons. The molecule has 1 aliphatic rings. The standard InChI is InChI=1S/C19H26N4O2/c1-15-12-18(22-19(20-15)14-24-2)21-17(16-6-4-3-5-7-16)13-23-8-10-25-11-9-23/h3-7,12,17H,8-11,13-14H2,1-2H3,(H,20,21,22). The summed E-state index contributed by atoms with van der Waals surface area (Å²) in [5.41, 5.74) is 2.18. The van der Waals surface area contributed by atoms with Gasteiger partial charge < -0.3 is 14.8 Å². The van der Waals surface area contributed by atoms with Gasteiger partial charge in [0.1, 0.15) is 12.4 Å². The molecule has 2 aromatic rings. The predicted octanol–water partition coefficient (Wildman–Crippen LogP) is 2.42. The van der Waals surface area contributed by atoms with Crippen molar-refractivity contribution in [3.8, 4) is 0 Å². The molecule has 6 heteroatoms. The summed E-state index contributed by atoms with van der Waals surface area (Å²) in [4.78, 5) is 11.4. The summed E-state index contributed by atoms with van der Waals surface area (Å²) in [5.74, 6) is 1.53. The van der Waals surface area contributed by atoms with E-state index in [1.165, 1.54) is 5.56 Å². The Morgan fingerprint density at radius 2 is 1.96 bits per heavy atom. The number of aryl methyl sites for hydroxylation is 1. The Bertz CT molecular complexity index is 660. The quantitative estimate of drug-likeness (QED) is 0.834. The lowest BCUT2D eigenvalue weighted by molar-refractivity contribution is 0.0360. The monoisotopic (exact) mass is 342 g/mol. The van der Waals surface area contributed by atoms with Gasteiger partial charge in [0.2, 0.25) is 0 Å². The lowest BCUT2D eigenvalue weighted by Crippen LogP contribution is -2.40. The second kappa shape index (κ2) is 8.89. The number of aromatic nitrogens is 2. The summed E-state index contributed by atoms with van der Waals surface area (Å²) >= 11 is 0. The number of hydrogen-bond acceptors (Lipinski definition) is 6. The van der Waals surface area contributed by atoms with Gasteiger partial charge >= 0.3 is 0 Å². The second-order valence-electron chi connectivity index (χ2n) is 6.26. The molecule has 6 nitrogen and oxygen atoms in total. The van der Waals surface area contributed by atoms with Crippen molar-refractivity contribution < 1.29 is 9.47 Å². The molecule has 0 radical (unpaired) electrons. The molecule has 0 aliphatic carbocycles. The van der Waals surface area contributed by atoms with Crippen LogP contribution in [0.25, 0.3) is 0 Å². The summed E-state index contributed by atoms with van der Waals surface area (Å²) in [6.07, 6.45) is 0. The molecule has 1 aromatic carbocycles. The normalized spacial score (nSPS) is 16.6. The van der Waals surface area contributed by atoms with Crippen LogP contribution in [0.3, 0.4) is 0 Å². The van der Waals surface area contributed by atoms with E-state index in [4.69, 9.17) is 9.47 Å². The Labute approximate surface area is 149 Å². The highest BCUT2D eigenvalue weighted by Crippen LogP contribution is 2.21. The number of anilines is 1. The molecule has 1 atom stereocenters. The number of ether oxygens (including phenoxy) is 2. The highest BCUT2D eigenvalue weighted by Gasteiger charge is 2.19. The van der Waals surface area contributed by atoms with Crippen LogP contribution in [0, 0.1) is 6.92 Å². The van der Waals surface area contributed by atoms with E-state index in [1.54, 1.807) is 7.11 Å². The molecule has 1 aromatic heterocycles. The molecule has 0 saturated carbocycles. The van der Waals surface area contributed by atoms with Crippen molar-refractivity contribution in [2.75, 3.05) is 45.3 Å². The van der Waals surface area contributed by atoms with E-state index in [1.807, 2.05) is 19.1 Å². The summed E-state index contributed by atoms with van der Waals surface area (Å²) in [6.45, 7) is 6.82. The molecule has 25 heavy (non-hydrogen) atoms. The Kier molecular flexibility index (Phi) is 6.33. The van der Waals surface area contributed by atoms with Crippen LogP contribution in [0.15, 0.2) is 36.4 Å². The van der Waals surface area contributed by atoms with Crippen LogP contribution in [-0.4, -0.2) is 54.8 Å². The SMILES string of the molecule is COCc1nc(C)cc(NC(CN2CCOCC2)c2ccccc2)n1. The third-order valence-corrected chi connectivity index (χ3v) is 4.24. The molecule has 3 rings (SSSR count). The number of benzene rings is 1. The molecule has 1 N–H and O–H groups in total. The maximum absolute atomic E-state index is 5.47. The Balaban J connectivity index is 1.79. The number of nitrogens with one attached hydrogen (secondary N) is 1. The van der Waals surface area contributed by atoms with Crippen LogP contribution in [0.5, 0.6) is 0 Å². The zero-order valence-corrected chi connectivity index (χ0v) is 14.9. The van der Waals surface area contributed by atoms with Crippen LogP contribution < -0.4 is 5.32 Å². The van der Waals surface area contributed by atoms with Gasteiger partial charge in [-0.2, -0.15) is 0 Å². The highest BCUT2D eigenvalue weighted by molar-refractivity contribution is 5.40. The van der Waals surface area contributed by atoms with Gasteiger partial charge in [-0.25, -0.2) is 9.97 Å². The average Bonchev–Trinajstić information content (AvgIpc) is 2.63. The highest BCUT2D eigenvalue weighted by atomic mass is 16.5. The number of rotatable bonds is 7. The molecular formula is C19H26N4O2. The third kappa shape index (κ3) is 5.22. The van der Waals surface area contributed by atoms with Gasteiger partial charge in [-0.1, -0.05) is 30.3 Å². The van der Waals surface area contributed by atoms with E-state index in [-0.39, 0.29) is 6.04 Å². The third-order valence-electron chi connectivity index (χ3n) is 4.24. The van der Waals surface area contributed by atoms with Gasteiger partial charge in [0.05, 0.1) is 19.3 Å². The molecular weight excluding hydrogens is 316 g/mol. The van der Waals surface area contributed by atoms with Crippen LogP contribution in [0.4, 0.5) is 5.82 Å². The first-order valence-electron chi connectivity index (χ1n) is 8.69. The van der Waals surface area contributed by atoms with E-state index in [2.05, 4.69) is 44.5 Å². The summed E-state index contributed by atoms with van der Waals surface area (Å²) in [6, 6.07) is 12.6. The Morgan fingerprint density at radius 1 is 1.20 bits per heavy atom. The topological polar surface area (TPSA) is 59.5 Å². The van der Waals surface area contributed by atoms with Crippen molar-refractivity contribution in [2.45, 2.75) is 19.6 Å². The predicted molar refractivity (Wildman–Crippen MR) is 97.5 cm³/mol. The van der Waals surface area contributed by atoms with Gasteiger partial charge in [-0.05, 0) is 12.5 Å². The van der Waals surface area contributed by atoms with E-state index >= 15 is 0 Å². The minimum absolute atomic E-state index is 0.156. The maximum Gasteiger partial charge on any atom is 0.156 e. The number of hydrogen-bond donors (Lipinski definition) is 1. The van der Waals surface area contributed by atoms with Crippen LogP contribution >= 0.6 is 0 Å². The first kappa shape index (κ1) is 17.8. The number of morpholine rings is 1. The van der Waals surface area contributed by atoms with Crippen molar-refractivity contribution in [2.24, 2.45) is 0 Å². The second-order valence-corrected chi connectivity index (χ2v) is 6.26. The summed E-state index contributed by atoms with van der Waals surface area (Å²) < 4.78 is 10.6. The fourth-order valence-corrected chi connectivity index (χ4v) is 3.04. The minimum Gasteiger partial charge on any atom is -0.379 e. The van der Waals surface area contributed by atoms with Crippen LogP contribution in [0.2, 0.25) is 0 Å². The van der Waals surface area contributed by atoms with Crippen LogP contribution in [-0.2, 0) is 16.1 Å². The van der Waals surface area contributed by atoms with Gasteiger partial charge in [-0.15, -0.1) is 0 Å². The van der Waals surface area contributed by atoms with Crippen molar-refractivity contribution in [1.29, 1.82) is 0 Å². The number of methoxy groups -OCH3 is 1. The van der Waals surface area contributed by atoms with Crippen molar-refractivity contribution in [3.63, 3.8) is 0 Å². The van der Waals surface area contributed by atoms with E-state index < -0.39 is 0 Å². The molecule has 0 spiro atoms. The van der Waals surface area contributed by atoms with Gasteiger partial charge in [0, 0.05) is 38.5 Å². The van der Waals surface area contributed by atoms with E-state index in [0.29, 0.717) is 12.4 Å². The molecule has 2 heterocycles. The van der Waals surface area contributed by atoms with Gasteiger partial charge in [0.25, 0.3) is 0 Å². The first-order valence-corrected chi connectivity index (χ1v) is 8.69. The zero-order chi connectivity index (χ0) is 17.5. The largest absolute Gasteiger partial charge is 0.379 e. The lowest BCUT2D eigenvalue weighted by Gasteiger charge is -2.31. The molecule has 1 unspecified atom stereocenters. The Morgan fingerprint density at radius 3 is 2.68 bits per heavy atom. The summed E-state index contributed by atoms with van der Waals surface area (Å²) in [5, 5.41) is 3.59. The molecule has 0 bridgehead atoms. The molecule has 1 aliphatic heterocycles.